The maximum absolute atomic E-state index is 13.4. The van der Waals surface area contributed by atoms with E-state index in [0.29, 0.717) is 29.9 Å². The predicted molar refractivity (Wildman–Crippen MR) is 110 cm³/mol. The Bertz CT molecular complexity index is 1090. The molecule has 4 rings (SSSR count). The number of halogens is 2. The Morgan fingerprint density at radius 3 is 2.66 bits per heavy atom. The van der Waals surface area contributed by atoms with Gasteiger partial charge in [-0.1, -0.05) is 24.3 Å². The van der Waals surface area contributed by atoms with Crippen molar-refractivity contribution in [2.24, 2.45) is 0 Å². The highest BCUT2D eigenvalue weighted by molar-refractivity contribution is 6.06. The molecular weight excluding hydrogens is 374 g/mol. The van der Waals surface area contributed by atoms with Crippen LogP contribution >= 0.6 is 0 Å². The molecule has 0 aliphatic heterocycles. The highest BCUT2D eigenvalue weighted by Crippen LogP contribution is 2.44. The summed E-state index contributed by atoms with van der Waals surface area (Å²) in [6.45, 7) is 7.45. The third-order valence-electron chi connectivity index (χ3n) is 5.40. The van der Waals surface area contributed by atoms with Crippen LogP contribution in [0.3, 0.4) is 0 Å². The molecule has 1 aliphatic carbocycles. The van der Waals surface area contributed by atoms with Gasteiger partial charge < -0.3 is 15.6 Å². The molecule has 0 unspecified atom stereocenters. The lowest BCUT2D eigenvalue weighted by molar-refractivity contribution is -0.0381. The van der Waals surface area contributed by atoms with Crippen molar-refractivity contribution in [1.29, 1.82) is 0 Å². The number of aromatic amines is 1. The van der Waals surface area contributed by atoms with Crippen LogP contribution in [0.2, 0.25) is 0 Å². The van der Waals surface area contributed by atoms with Crippen LogP contribution in [0.5, 0.6) is 0 Å². The summed E-state index contributed by atoms with van der Waals surface area (Å²) in [5, 5.41) is 6.43. The van der Waals surface area contributed by atoms with E-state index in [1.807, 2.05) is 24.3 Å². The van der Waals surface area contributed by atoms with Gasteiger partial charge >= 0.3 is 6.03 Å². The molecule has 3 N–H and O–H groups in total. The molecule has 148 valence electrons. The maximum Gasteiger partial charge on any atom is 0.323 e. The lowest BCUT2D eigenvalue weighted by Crippen LogP contribution is -2.23. The van der Waals surface area contributed by atoms with Gasteiger partial charge in [0.15, 0.2) is 5.69 Å². The first-order valence-electron chi connectivity index (χ1n) is 9.48. The molecule has 1 aliphatic rings. The van der Waals surface area contributed by atoms with Gasteiger partial charge in [-0.05, 0) is 42.5 Å². The Morgan fingerprint density at radius 1 is 1.14 bits per heavy atom. The molecule has 2 amide bonds. The zero-order valence-corrected chi connectivity index (χ0v) is 15.6. The first-order chi connectivity index (χ1) is 13.9. The number of benzene rings is 2. The molecule has 7 heteroatoms. The summed E-state index contributed by atoms with van der Waals surface area (Å²) in [6.07, 6.45) is 2.15. The Hall–Kier alpha value is -3.40. The van der Waals surface area contributed by atoms with E-state index < -0.39 is 12.0 Å². The van der Waals surface area contributed by atoms with Crippen molar-refractivity contribution in [2.75, 3.05) is 10.6 Å². The SMILES string of the molecule is [C-]#[N+]c1cc(NC(=O)Nc2c[nH]c3ccccc23)ccc1C1CCC(F)(F)CC1. The molecule has 0 atom stereocenters. The number of para-hydroxylation sites is 1. The third kappa shape index (κ3) is 4.06. The van der Waals surface area contributed by atoms with E-state index in [-0.39, 0.29) is 18.8 Å². The fourth-order valence-electron chi connectivity index (χ4n) is 3.87. The lowest BCUT2D eigenvalue weighted by atomic mass is 9.81. The van der Waals surface area contributed by atoms with E-state index in [2.05, 4.69) is 20.5 Å². The van der Waals surface area contributed by atoms with E-state index in [9.17, 15) is 13.6 Å². The summed E-state index contributed by atoms with van der Waals surface area (Å²) < 4.78 is 26.8. The number of anilines is 2. The van der Waals surface area contributed by atoms with Gasteiger partial charge in [-0.3, -0.25) is 0 Å². The zero-order chi connectivity index (χ0) is 20.4. The minimum atomic E-state index is -2.60. The molecule has 1 saturated carbocycles. The summed E-state index contributed by atoms with van der Waals surface area (Å²) in [7, 11) is 0. The van der Waals surface area contributed by atoms with Gasteiger partial charge in [0.1, 0.15) is 0 Å². The molecule has 1 heterocycles. The number of fused-ring (bicyclic) bond motifs is 1. The highest BCUT2D eigenvalue weighted by atomic mass is 19.3. The largest absolute Gasteiger partial charge is 0.359 e. The molecule has 1 aromatic heterocycles. The van der Waals surface area contributed by atoms with Gasteiger partial charge in [0.05, 0.1) is 12.3 Å². The Kier molecular flexibility index (Phi) is 4.93. The lowest BCUT2D eigenvalue weighted by Gasteiger charge is -2.29. The van der Waals surface area contributed by atoms with Crippen LogP contribution in [0.25, 0.3) is 15.7 Å². The maximum atomic E-state index is 13.4. The van der Waals surface area contributed by atoms with Gasteiger partial charge in [0.25, 0.3) is 0 Å². The number of carbonyl (C=O) groups is 1. The fourth-order valence-corrected chi connectivity index (χ4v) is 3.87. The Morgan fingerprint density at radius 2 is 1.90 bits per heavy atom. The monoisotopic (exact) mass is 394 g/mol. The molecule has 3 aromatic rings. The first kappa shape index (κ1) is 18.9. The van der Waals surface area contributed by atoms with Crippen molar-refractivity contribution in [3.8, 4) is 0 Å². The normalized spacial score (nSPS) is 16.3. The highest BCUT2D eigenvalue weighted by Gasteiger charge is 2.35. The minimum Gasteiger partial charge on any atom is -0.359 e. The van der Waals surface area contributed by atoms with E-state index in [4.69, 9.17) is 6.57 Å². The van der Waals surface area contributed by atoms with Gasteiger partial charge in [-0.2, -0.15) is 0 Å². The molecule has 1 fully saturated rings. The number of alkyl halides is 2. The van der Waals surface area contributed by atoms with E-state index in [1.54, 1.807) is 24.4 Å². The molecule has 0 spiro atoms. The number of nitrogens with zero attached hydrogens (tertiary/aromatic N) is 1. The number of hydrogen-bond donors (Lipinski definition) is 3. The average molecular weight is 394 g/mol. The number of nitrogens with one attached hydrogen (secondary N) is 3. The number of carbonyl (C=O) groups excluding carboxylic acids is 1. The average Bonchev–Trinajstić information content (AvgIpc) is 3.11. The molecule has 0 radical (unpaired) electrons. The smallest absolute Gasteiger partial charge is 0.323 e. The number of urea groups is 1. The second-order valence-corrected chi connectivity index (χ2v) is 7.34. The standard InChI is InChI=1S/C22H20F2N4O/c1-25-19-12-15(6-7-16(19)14-8-10-22(23,24)11-9-14)27-21(29)28-20-13-26-18-5-3-2-4-17(18)20/h2-7,12-14,26H,8-11H2,(H2,27,28,29). The van der Waals surface area contributed by atoms with E-state index >= 15 is 0 Å². The number of hydrogen-bond acceptors (Lipinski definition) is 1. The second kappa shape index (κ2) is 7.55. The number of rotatable bonds is 3. The van der Waals surface area contributed by atoms with Crippen LogP contribution in [0, 0.1) is 6.57 Å². The van der Waals surface area contributed by atoms with Gasteiger partial charge in [0.2, 0.25) is 5.92 Å². The van der Waals surface area contributed by atoms with Crippen molar-refractivity contribution >= 4 is 34.0 Å². The topological polar surface area (TPSA) is 61.3 Å². The summed E-state index contributed by atoms with van der Waals surface area (Å²) in [5.41, 5.74) is 3.23. The van der Waals surface area contributed by atoms with Crippen molar-refractivity contribution in [3.05, 3.63) is 65.6 Å². The van der Waals surface area contributed by atoms with Crippen molar-refractivity contribution in [1.82, 2.24) is 4.98 Å². The van der Waals surface area contributed by atoms with Crippen molar-refractivity contribution < 1.29 is 13.6 Å². The van der Waals surface area contributed by atoms with Gasteiger partial charge in [-0.25, -0.2) is 18.4 Å². The molecule has 5 nitrogen and oxygen atoms in total. The minimum absolute atomic E-state index is 0.0483. The van der Waals surface area contributed by atoms with Crippen LogP contribution in [0.1, 0.15) is 37.2 Å². The van der Waals surface area contributed by atoms with E-state index in [1.165, 1.54) is 0 Å². The summed E-state index contributed by atoms with van der Waals surface area (Å²) in [4.78, 5) is 19.0. The van der Waals surface area contributed by atoms with Crippen LogP contribution in [-0.2, 0) is 0 Å². The summed E-state index contributed by atoms with van der Waals surface area (Å²) >= 11 is 0. The van der Waals surface area contributed by atoms with Crippen LogP contribution in [0.4, 0.5) is 30.6 Å². The van der Waals surface area contributed by atoms with Crippen LogP contribution in [0.15, 0.2) is 48.7 Å². The third-order valence-corrected chi connectivity index (χ3v) is 5.40. The second-order valence-electron chi connectivity index (χ2n) is 7.34. The fraction of sp³-hybridized carbons (Fsp3) is 0.273. The summed E-state index contributed by atoms with van der Waals surface area (Å²) in [5.74, 6) is -2.65. The molecule has 2 aromatic carbocycles. The summed E-state index contributed by atoms with van der Waals surface area (Å²) in [6, 6.07) is 12.3. The number of aromatic nitrogens is 1. The van der Waals surface area contributed by atoms with Crippen LogP contribution < -0.4 is 10.6 Å². The van der Waals surface area contributed by atoms with Gasteiger partial charge in [-0.15, -0.1) is 0 Å². The number of H-pyrrole nitrogens is 1. The predicted octanol–water partition coefficient (Wildman–Crippen LogP) is 6.66. The molecular formula is C22H20F2N4O. The molecule has 0 saturated heterocycles. The van der Waals surface area contributed by atoms with Crippen molar-refractivity contribution in [2.45, 2.75) is 37.5 Å². The quantitative estimate of drug-likeness (QED) is 0.428. The number of amides is 2. The molecule has 0 bridgehead atoms. The Labute approximate surface area is 166 Å². The van der Waals surface area contributed by atoms with Crippen LogP contribution in [-0.4, -0.2) is 16.9 Å². The van der Waals surface area contributed by atoms with E-state index in [0.717, 1.165) is 16.5 Å². The zero-order valence-electron chi connectivity index (χ0n) is 15.6. The Balaban J connectivity index is 1.46. The first-order valence-corrected chi connectivity index (χ1v) is 9.48. The van der Waals surface area contributed by atoms with Gasteiger partial charge in [0, 0.05) is 35.6 Å². The molecule has 29 heavy (non-hydrogen) atoms. The van der Waals surface area contributed by atoms with Crippen molar-refractivity contribution in [3.63, 3.8) is 0 Å².